The van der Waals surface area contributed by atoms with Gasteiger partial charge in [-0.15, -0.1) is 0 Å². The molecule has 3 aliphatic rings. The van der Waals surface area contributed by atoms with Crippen molar-refractivity contribution in [3.63, 3.8) is 0 Å². The number of amides is 1. The van der Waals surface area contributed by atoms with Crippen LogP contribution in [-0.2, 0) is 14.8 Å². The van der Waals surface area contributed by atoms with Gasteiger partial charge >= 0.3 is 0 Å². The Morgan fingerprint density at radius 2 is 1.68 bits per heavy atom. The lowest BCUT2D eigenvalue weighted by molar-refractivity contribution is -0.140. The highest BCUT2D eigenvalue weighted by atomic mass is 32.2. The molecule has 3 heterocycles. The van der Waals surface area contributed by atoms with Crippen molar-refractivity contribution < 1.29 is 22.7 Å². The molecule has 0 spiro atoms. The summed E-state index contributed by atoms with van der Waals surface area (Å²) in [5.74, 6) is 0.742. The van der Waals surface area contributed by atoms with Crippen molar-refractivity contribution in [2.24, 2.45) is 0 Å². The van der Waals surface area contributed by atoms with E-state index in [-0.39, 0.29) is 17.4 Å². The van der Waals surface area contributed by atoms with Gasteiger partial charge in [0.2, 0.25) is 16.1 Å². The summed E-state index contributed by atoms with van der Waals surface area (Å²) in [6.45, 7) is 2.75. The van der Waals surface area contributed by atoms with Crippen molar-refractivity contribution in [2.45, 2.75) is 36.7 Å². The van der Waals surface area contributed by atoms with Crippen LogP contribution in [0.4, 0.5) is 0 Å². The molecule has 1 amide bonds. The van der Waals surface area contributed by atoms with Gasteiger partial charge in [-0.05, 0) is 37.8 Å². The number of benzene rings is 1. The molecular formula is C17H22N2O5S. The molecule has 1 unspecified atom stereocenters. The first kappa shape index (κ1) is 16.7. The second-order valence-corrected chi connectivity index (χ2v) is 8.61. The third kappa shape index (κ3) is 3.08. The van der Waals surface area contributed by atoms with Crippen molar-refractivity contribution in [2.75, 3.05) is 32.8 Å². The van der Waals surface area contributed by atoms with Crippen molar-refractivity contribution in [3.05, 3.63) is 18.2 Å². The maximum absolute atomic E-state index is 12.6. The Morgan fingerprint density at radius 1 is 1.00 bits per heavy atom. The first-order valence-electron chi connectivity index (χ1n) is 8.78. The fourth-order valence-electron chi connectivity index (χ4n) is 3.55. The van der Waals surface area contributed by atoms with Gasteiger partial charge < -0.3 is 14.4 Å². The van der Waals surface area contributed by atoms with Crippen LogP contribution in [0.15, 0.2) is 23.1 Å². The Hall–Kier alpha value is -1.80. The van der Waals surface area contributed by atoms with E-state index in [2.05, 4.69) is 0 Å². The fraction of sp³-hybridized carbons (Fsp3) is 0.588. The molecule has 0 radical (unpaired) electrons. The summed E-state index contributed by atoms with van der Waals surface area (Å²) in [5.41, 5.74) is 0. The summed E-state index contributed by atoms with van der Waals surface area (Å²) in [6, 6.07) is 4.61. The molecule has 2 saturated heterocycles. The Kier molecular flexibility index (Phi) is 4.33. The SMILES string of the molecule is O=C(C1COc2cc(S(=O)(=O)N3CCCC3)ccc2O1)N1CCCC1. The number of fused-ring (bicyclic) bond motifs is 1. The topological polar surface area (TPSA) is 76.2 Å². The Labute approximate surface area is 147 Å². The highest BCUT2D eigenvalue weighted by molar-refractivity contribution is 7.89. The van der Waals surface area contributed by atoms with Gasteiger partial charge in [-0.25, -0.2) is 8.42 Å². The molecular weight excluding hydrogens is 344 g/mol. The standard InChI is InChI=1S/C17H22N2O5S/c20-17(18-7-1-2-8-18)16-12-23-15-11-13(5-6-14(15)24-16)25(21,22)19-9-3-4-10-19/h5-6,11,16H,1-4,7-10,12H2. The molecule has 1 atom stereocenters. The minimum absolute atomic E-state index is 0.0584. The predicted molar refractivity (Wildman–Crippen MR) is 90.2 cm³/mol. The van der Waals surface area contributed by atoms with Gasteiger partial charge in [-0.3, -0.25) is 4.79 Å². The molecule has 3 aliphatic heterocycles. The molecule has 0 saturated carbocycles. The highest BCUT2D eigenvalue weighted by Gasteiger charge is 2.34. The summed E-state index contributed by atoms with van der Waals surface area (Å²) in [5, 5.41) is 0. The van der Waals surface area contributed by atoms with Gasteiger partial charge in [-0.1, -0.05) is 0 Å². The van der Waals surface area contributed by atoms with Crippen LogP contribution in [0.2, 0.25) is 0 Å². The van der Waals surface area contributed by atoms with Crippen LogP contribution < -0.4 is 9.47 Å². The lowest BCUT2D eigenvalue weighted by Gasteiger charge is -2.29. The second-order valence-electron chi connectivity index (χ2n) is 6.67. The van der Waals surface area contributed by atoms with E-state index in [4.69, 9.17) is 9.47 Å². The average molecular weight is 366 g/mol. The van der Waals surface area contributed by atoms with Crippen molar-refractivity contribution in [1.29, 1.82) is 0 Å². The molecule has 136 valence electrons. The number of ether oxygens (including phenoxy) is 2. The van der Waals surface area contributed by atoms with Crippen molar-refractivity contribution in [3.8, 4) is 11.5 Å². The van der Waals surface area contributed by atoms with E-state index in [1.165, 1.54) is 16.4 Å². The molecule has 0 aromatic heterocycles. The van der Waals surface area contributed by atoms with Gasteiger partial charge in [0, 0.05) is 32.2 Å². The number of hydrogen-bond donors (Lipinski definition) is 0. The van der Waals surface area contributed by atoms with Crippen LogP contribution in [0.25, 0.3) is 0 Å². The summed E-state index contributed by atoms with van der Waals surface area (Å²) in [6.07, 6.45) is 3.17. The monoisotopic (exact) mass is 366 g/mol. The summed E-state index contributed by atoms with van der Waals surface area (Å²) < 4.78 is 38.2. The van der Waals surface area contributed by atoms with Crippen molar-refractivity contribution >= 4 is 15.9 Å². The maximum Gasteiger partial charge on any atom is 0.267 e. The zero-order valence-corrected chi connectivity index (χ0v) is 14.8. The quantitative estimate of drug-likeness (QED) is 0.804. The molecule has 0 bridgehead atoms. The van der Waals surface area contributed by atoms with E-state index in [9.17, 15) is 13.2 Å². The molecule has 8 heteroatoms. The van der Waals surface area contributed by atoms with E-state index >= 15 is 0 Å². The predicted octanol–water partition coefficient (Wildman–Crippen LogP) is 1.23. The lowest BCUT2D eigenvalue weighted by Crippen LogP contribution is -2.45. The molecule has 1 aromatic carbocycles. The second kappa shape index (κ2) is 6.49. The van der Waals surface area contributed by atoms with Crippen LogP contribution in [-0.4, -0.2) is 62.4 Å². The molecule has 2 fully saturated rings. The molecule has 7 nitrogen and oxygen atoms in total. The Balaban J connectivity index is 1.52. The minimum atomic E-state index is -3.49. The summed E-state index contributed by atoms with van der Waals surface area (Å²) >= 11 is 0. The van der Waals surface area contributed by atoms with E-state index in [1.54, 1.807) is 11.0 Å². The number of rotatable bonds is 3. The number of sulfonamides is 1. The zero-order chi connectivity index (χ0) is 17.4. The number of nitrogens with zero attached hydrogens (tertiary/aromatic N) is 2. The van der Waals surface area contributed by atoms with Gasteiger partial charge in [0.15, 0.2) is 11.5 Å². The average Bonchev–Trinajstić information content (AvgIpc) is 3.33. The van der Waals surface area contributed by atoms with Crippen LogP contribution >= 0.6 is 0 Å². The van der Waals surface area contributed by atoms with Gasteiger partial charge in [0.05, 0.1) is 4.90 Å². The van der Waals surface area contributed by atoms with E-state index in [0.29, 0.717) is 24.6 Å². The van der Waals surface area contributed by atoms with E-state index in [0.717, 1.165) is 38.8 Å². The maximum atomic E-state index is 12.6. The van der Waals surface area contributed by atoms with Gasteiger partial charge in [0.1, 0.15) is 6.61 Å². The first-order valence-corrected chi connectivity index (χ1v) is 10.2. The molecule has 25 heavy (non-hydrogen) atoms. The molecule has 1 aromatic rings. The van der Waals surface area contributed by atoms with E-state index < -0.39 is 16.1 Å². The summed E-state index contributed by atoms with van der Waals surface area (Å²) in [7, 11) is -3.49. The first-order chi connectivity index (χ1) is 12.1. The summed E-state index contributed by atoms with van der Waals surface area (Å²) in [4.78, 5) is 14.4. The lowest BCUT2D eigenvalue weighted by atomic mass is 10.2. The van der Waals surface area contributed by atoms with Crippen LogP contribution in [0.1, 0.15) is 25.7 Å². The normalized spacial score (nSPS) is 23.8. The molecule has 0 aliphatic carbocycles. The fourth-order valence-corrected chi connectivity index (χ4v) is 5.09. The van der Waals surface area contributed by atoms with Crippen LogP contribution in [0.3, 0.4) is 0 Å². The van der Waals surface area contributed by atoms with Gasteiger partial charge in [0.25, 0.3) is 5.91 Å². The number of carbonyl (C=O) groups excluding carboxylic acids is 1. The highest BCUT2D eigenvalue weighted by Crippen LogP contribution is 2.35. The Bertz CT molecular complexity index is 767. The smallest absolute Gasteiger partial charge is 0.267 e. The number of hydrogen-bond acceptors (Lipinski definition) is 5. The van der Waals surface area contributed by atoms with Crippen LogP contribution in [0, 0.1) is 0 Å². The molecule has 4 rings (SSSR count). The third-order valence-electron chi connectivity index (χ3n) is 4.97. The van der Waals surface area contributed by atoms with Crippen molar-refractivity contribution in [1.82, 2.24) is 9.21 Å². The number of carbonyl (C=O) groups is 1. The van der Waals surface area contributed by atoms with E-state index in [1.807, 2.05) is 0 Å². The largest absolute Gasteiger partial charge is 0.485 e. The number of likely N-dealkylation sites (tertiary alicyclic amines) is 1. The zero-order valence-electron chi connectivity index (χ0n) is 14.0. The molecule has 0 N–H and O–H groups in total. The minimum Gasteiger partial charge on any atom is -0.485 e. The van der Waals surface area contributed by atoms with Gasteiger partial charge in [-0.2, -0.15) is 4.31 Å². The van der Waals surface area contributed by atoms with Crippen LogP contribution in [0.5, 0.6) is 11.5 Å². The Morgan fingerprint density at radius 3 is 2.40 bits per heavy atom. The third-order valence-corrected chi connectivity index (χ3v) is 6.87.